The first-order valence-electron chi connectivity index (χ1n) is 10.1. The third-order valence-electron chi connectivity index (χ3n) is 6.72. The molecule has 0 atom stereocenters. The summed E-state index contributed by atoms with van der Waals surface area (Å²) >= 11 is 0. The van der Waals surface area contributed by atoms with Crippen LogP contribution in [0, 0.1) is 27.7 Å². The molecular formula is C24H30N3+. The van der Waals surface area contributed by atoms with Crippen LogP contribution in [-0.4, -0.2) is 9.78 Å². The smallest absolute Gasteiger partial charge is 0.222 e. The molecule has 1 aliphatic rings. The van der Waals surface area contributed by atoms with E-state index in [2.05, 4.69) is 87.2 Å². The van der Waals surface area contributed by atoms with Crippen molar-refractivity contribution >= 4 is 0 Å². The molecule has 0 saturated heterocycles. The van der Waals surface area contributed by atoms with Gasteiger partial charge in [-0.2, -0.15) is 0 Å². The van der Waals surface area contributed by atoms with Gasteiger partial charge >= 0.3 is 5.82 Å². The Labute approximate surface area is 162 Å². The fraction of sp³-hybridized carbons (Fsp3) is 0.417. The van der Waals surface area contributed by atoms with Crippen molar-refractivity contribution < 1.29 is 4.57 Å². The molecule has 140 valence electrons. The molecular weight excluding hydrogens is 330 g/mol. The third kappa shape index (κ3) is 2.48. The largest absolute Gasteiger partial charge is 0.310 e. The van der Waals surface area contributed by atoms with Crippen LogP contribution >= 0.6 is 0 Å². The summed E-state index contributed by atoms with van der Waals surface area (Å²) in [7, 11) is 0. The lowest BCUT2D eigenvalue weighted by atomic mass is 9.80. The van der Waals surface area contributed by atoms with Gasteiger partial charge in [-0.05, 0) is 61.9 Å². The molecule has 0 N–H and O–H groups in total. The number of hydrogen-bond acceptors (Lipinski definition) is 1. The molecule has 0 amide bonds. The first-order chi connectivity index (χ1) is 12.9. The fourth-order valence-electron chi connectivity index (χ4n) is 4.82. The first kappa shape index (κ1) is 18.0. The standard InChI is InChI=1S/C24H30N3/c1-7-24(8-2)15-20-11-9-10-12-21(20)23-25-27(19(6)26(23)24)22-17(4)14-13-16(3)18(22)5/h9-14H,7-8,15H2,1-6H3/q+1. The highest BCUT2D eigenvalue weighted by Gasteiger charge is 2.44. The Hall–Kier alpha value is -2.42. The van der Waals surface area contributed by atoms with E-state index in [4.69, 9.17) is 5.10 Å². The summed E-state index contributed by atoms with van der Waals surface area (Å²) in [5.41, 5.74) is 7.92. The van der Waals surface area contributed by atoms with Gasteiger partial charge < -0.3 is 0 Å². The molecule has 0 aliphatic carbocycles. The summed E-state index contributed by atoms with van der Waals surface area (Å²) < 4.78 is 4.71. The van der Waals surface area contributed by atoms with Gasteiger partial charge in [0.05, 0.1) is 16.2 Å². The van der Waals surface area contributed by atoms with Gasteiger partial charge in [-0.3, -0.25) is 0 Å². The van der Waals surface area contributed by atoms with Crippen LogP contribution in [-0.2, 0) is 12.0 Å². The number of nitrogens with zero attached hydrogens (tertiary/aromatic N) is 3. The Balaban J connectivity index is 2.07. The molecule has 0 fully saturated rings. The van der Waals surface area contributed by atoms with Crippen molar-refractivity contribution in [2.45, 2.75) is 66.3 Å². The summed E-state index contributed by atoms with van der Waals surface area (Å²) in [6.07, 6.45) is 3.29. The van der Waals surface area contributed by atoms with Crippen molar-refractivity contribution in [2.24, 2.45) is 0 Å². The number of rotatable bonds is 3. The van der Waals surface area contributed by atoms with Gasteiger partial charge in [0.15, 0.2) is 0 Å². The Kier molecular flexibility index (Phi) is 4.21. The molecule has 0 saturated carbocycles. The van der Waals surface area contributed by atoms with Gasteiger partial charge in [0, 0.05) is 13.3 Å². The molecule has 1 aliphatic heterocycles. The minimum atomic E-state index is 0.0949. The number of benzene rings is 2. The van der Waals surface area contributed by atoms with E-state index < -0.39 is 0 Å². The Bertz CT molecular complexity index is 1020. The molecule has 0 radical (unpaired) electrons. The summed E-state index contributed by atoms with van der Waals surface area (Å²) in [6, 6.07) is 13.2. The van der Waals surface area contributed by atoms with E-state index in [1.807, 2.05) is 0 Å². The van der Waals surface area contributed by atoms with Gasteiger partial charge in [0.25, 0.3) is 0 Å². The third-order valence-corrected chi connectivity index (χ3v) is 6.72. The SMILES string of the molecule is CCC1(CC)Cc2ccccc2-c2nn(-c3c(C)ccc(C)c3C)c(C)[n+]21. The monoisotopic (exact) mass is 360 g/mol. The molecule has 2 aromatic carbocycles. The average molecular weight is 361 g/mol. The van der Waals surface area contributed by atoms with Crippen molar-refractivity contribution in [1.82, 2.24) is 9.78 Å². The predicted octanol–water partition coefficient (Wildman–Crippen LogP) is 5.13. The number of aromatic nitrogens is 3. The lowest BCUT2D eigenvalue weighted by molar-refractivity contribution is -0.764. The Morgan fingerprint density at radius 1 is 0.963 bits per heavy atom. The normalized spacial score (nSPS) is 14.7. The zero-order chi connectivity index (χ0) is 19.3. The van der Waals surface area contributed by atoms with Crippen LogP contribution in [0.2, 0.25) is 0 Å². The summed E-state index contributed by atoms with van der Waals surface area (Å²) in [5.74, 6) is 2.33. The Morgan fingerprint density at radius 2 is 1.63 bits per heavy atom. The maximum atomic E-state index is 5.20. The average Bonchev–Trinajstić information content (AvgIpc) is 3.02. The summed E-state index contributed by atoms with van der Waals surface area (Å²) in [6.45, 7) is 13.4. The fourth-order valence-corrected chi connectivity index (χ4v) is 4.82. The van der Waals surface area contributed by atoms with Crippen molar-refractivity contribution in [3.63, 3.8) is 0 Å². The van der Waals surface area contributed by atoms with Crippen LogP contribution in [0.1, 0.15) is 54.8 Å². The highest BCUT2D eigenvalue weighted by Crippen LogP contribution is 2.37. The minimum absolute atomic E-state index is 0.0949. The molecule has 0 spiro atoms. The van der Waals surface area contributed by atoms with Crippen molar-refractivity contribution in [3.8, 4) is 17.1 Å². The number of aryl methyl sites for hydroxylation is 2. The zero-order valence-electron chi connectivity index (χ0n) is 17.4. The maximum Gasteiger partial charge on any atom is 0.310 e. The summed E-state index contributed by atoms with van der Waals surface area (Å²) in [4.78, 5) is 0. The van der Waals surface area contributed by atoms with Gasteiger partial charge in [-0.1, -0.05) is 48.9 Å². The van der Waals surface area contributed by atoms with E-state index >= 15 is 0 Å². The minimum Gasteiger partial charge on any atom is -0.222 e. The molecule has 0 unspecified atom stereocenters. The first-order valence-corrected chi connectivity index (χ1v) is 10.1. The van der Waals surface area contributed by atoms with Crippen LogP contribution < -0.4 is 4.57 Å². The van der Waals surface area contributed by atoms with E-state index in [1.54, 1.807) is 0 Å². The highest BCUT2D eigenvalue weighted by molar-refractivity contribution is 5.60. The van der Waals surface area contributed by atoms with Crippen LogP contribution in [0.25, 0.3) is 17.1 Å². The topological polar surface area (TPSA) is 21.7 Å². The van der Waals surface area contributed by atoms with Crippen molar-refractivity contribution in [2.75, 3.05) is 0 Å². The van der Waals surface area contributed by atoms with Gasteiger partial charge in [0.2, 0.25) is 5.82 Å². The second-order valence-corrected chi connectivity index (χ2v) is 8.06. The lowest BCUT2D eigenvalue weighted by Crippen LogP contribution is -2.61. The molecule has 3 nitrogen and oxygen atoms in total. The molecule has 4 rings (SSSR count). The van der Waals surface area contributed by atoms with Gasteiger partial charge in [0.1, 0.15) is 5.69 Å². The van der Waals surface area contributed by atoms with Crippen LogP contribution in [0.3, 0.4) is 0 Å². The van der Waals surface area contributed by atoms with Crippen molar-refractivity contribution in [3.05, 3.63) is 64.5 Å². The number of fused-ring (bicyclic) bond motifs is 3. The Morgan fingerprint density at radius 3 is 2.33 bits per heavy atom. The maximum absolute atomic E-state index is 5.20. The zero-order valence-corrected chi connectivity index (χ0v) is 17.4. The van der Waals surface area contributed by atoms with E-state index in [1.165, 1.54) is 39.3 Å². The molecule has 1 aromatic heterocycles. The van der Waals surface area contributed by atoms with E-state index in [0.29, 0.717) is 0 Å². The molecule has 0 bridgehead atoms. The second kappa shape index (κ2) is 6.33. The second-order valence-electron chi connectivity index (χ2n) is 8.06. The summed E-state index contributed by atoms with van der Waals surface area (Å²) in [5, 5.41) is 5.20. The van der Waals surface area contributed by atoms with E-state index in [-0.39, 0.29) is 5.54 Å². The van der Waals surface area contributed by atoms with Crippen LogP contribution in [0.15, 0.2) is 36.4 Å². The quantitative estimate of drug-likeness (QED) is 0.593. The van der Waals surface area contributed by atoms with E-state index in [0.717, 1.165) is 25.1 Å². The molecule has 3 heteroatoms. The van der Waals surface area contributed by atoms with E-state index in [9.17, 15) is 0 Å². The predicted molar refractivity (Wildman–Crippen MR) is 110 cm³/mol. The van der Waals surface area contributed by atoms with Gasteiger partial charge in [-0.25, -0.2) is 4.57 Å². The molecule has 27 heavy (non-hydrogen) atoms. The highest BCUT2D eigenvalue weighted by atomic mass is 15.4. The van der Waals surface area contributed by atoms with Gasteiger partial charge in [-0.15, -0.1) is 0 Å². The molecule has 2 heterocycles. The van der Waals surface area contributed by atoms with Crippen LogP contribution in [0.5, 0.6) is 0 Å². The van der Waals surface area contributed by atoms with Crippen LogP contribution in [0.4, 0.5) is 0 Å². The molecule has 3 aromatic rings. The lowest BCUT2D eigenvalue weighted by Gasteiger charge is -2.35. The number of hydrogen-bond donors (Lipinski definition) is 0. The van der Waals surface area contributed by atoms with Crippen molar-refractivity contribution in [1.29, 1.82) is 0 Å².